The van der Waals surface area contributed by atoms with Crippen molar-refractivity contribution < 1.29 is 0 Å². The molecule has 4 heteroatoms. The van der Waals surface area contributed by atoms with E-state index in [2.05, 4.69) is 207 Å². The van der Waals surface area contributed by atoms with Crippen LogP contribution in [0.2, 0.25) is 0 Å². The SMILES string of the molecule is Cc1cc2c3c(c1)N(c1ccc(-c4ccccc4)cc1)c1c(sc4cc5c(cc14)C(C)(C)CCC5(C)C)B3c1cc(C(C)(C)C)ccc1N2c1ccc(C(C)(C)C)cc1. The monoisotopic (exact) mass is 788 g/mol. The van der Waals surface area contributed by atoms with Crippen LogP contribution in [0.5, 0.6) is 0 Å². The van der Waals surface area contributed by atoms with E-state index in [-0.39, 0.29) is 28.4 Å². The number of hydrogen-bond donors (Lipinski definition) is 0. The first-order valence-electron chi connectivity index (χ1n) is 21.7. The van der Waals surface area contributed by atoms with E-state index >= 15 is 0 Å². The third-order valence-electron chi connectivity index (χ3n) is 13.9. The first-order valence-corrected chi connectivity index (χ1v) is 22.5. The van der Waals surface area contributed by atoms with Gasteiger partial charge in [-0.15, -0.1) is 11.3 Å². The van der Waals surface area contributed by atoms with Gasteiger partial charge in [-0.3, -0.25) is 0 Å². The van der Waals surface area contributed by atoms with Gasteiger partial charge in [-0.2, -0.15) is 0 Å². The molecule has 0 amide bonds. The zero-order chi connectivity index (χ0) is 41.4. The van der Waals surface area contributed by atoms with Crippen LogP contribution in [0, 0.1) is 6.92 Å². The Kier molecular flexibility index (Phi) is 8.39. The predicted octanol–water partition coefficient (Wildman–Crippen LogP) is 13.9. The molecular weight excluding hydrogens is 731 g/mol. The normalized spacial score (nSPS) is 16.4. The summed E-state index contributed by atoms with van der Waals surface area (Å²) < 4.78 is 2.84. The lowest BCUT2D eigenvalue weighted by Gasteiger charge is -2.44. The standard InChI is InChI=1S/C55H57BN2S/c1-34-29-46-49-47(30-34)58(40-22-17-36(18-23-40)35-15-13-12-14-16-35)50-41-32-42-43(55(10,11)28-27-54(42,8)9)33-48(41)59-51(50)56(49)44-31-38(53(5,6)7)21-26-45(44)57(46)39-24-19-37(20-25-39)52(2,3)4/h12-26,29-33H,27-28H2,1-11H3. The highest BCUT2D eigenvalue weighted by Gasteiger charge is 2.47. The number of aryl methyl sites for hydroxylation is 1. The van der Waals surface area contributed by atoms with Gasteiger partial charge in [0.1, 0.15) is 0 Å². The number of hydrogen-bond acceptors (Lipinski definition) is 3. The molecule has 0 radical (unpaired) electrons. The van der Waals surface area contributed by atoms with Crippen molar-refractivity contribution in [2.75, 3.05) is 9.80 Å². The van der Waals surface area contributed by atoms with Gasteiger partial charge in [0.2, 0.25) is 0 Å². The first-order chi connectivity index (χ1) is 27.9. The third-order valence-corrected chi connectivity index (χ3v) is 15.1. The van der Waals surface area contributed by atoms with Gasteiger partial charge in [0, 0.05) is 43.3 Å². The lowest BCUT2D eigenvalue weighted by atomic mass is 9.36. The van der Waals surface area contributed by atoms with E-state index in [1.165, 1.54) is 112 Å². The van der Waals surface area contributed by atoms with E-state index in [4.69, 9.17) is 0 Å². The molecule has 7 aromatic rings. The van der Waals surface area contributed by atoms with Crippen LogP contribution in [0.4, 0.5) is 34.1 Å². The summed E-state index contributed by atoms with van der Waals surface area (Å²) in [5.41, 5.74) is 20.2. The van der Waals surface area contributed by atoms with E-state index < -0.39 is 0 Å². The predicted molar refractivity (Wildman–Crippen MR) is 259 cm³/mol. The van der Waals surface area contributed by atoms with Crippen LogP contribution in [0.25, 0.3) is 21.2 Å². The number of benzene rings is 6. The number of thiophene rings is 1. The lowest BCUT2D eigenvalue weighted by Crippen LogP contribution is -2.60. The molecule has 0 spiro atoms. The number of nitrogens with zero attached hydrogens (tertiary/aromatic N) is 2. The maximum Gasteiger partial charge on any atom is 0.264 e. The molecule has 3 aliphatic rings. The van der Waals surface area contributed by atoms with E-state index in [0.717, 1.165) is 0 Å². The Hall–Kier alpha value is -5.06. The van der Waals surface area contributed by atoms with Gasteiger partial charge in [-0.1, -0.05) is 136 Å². The summed E-state index contributed by atoms with van der Waals surface area (Å²) in [5.74, 6) is 0. The first kappa shape index (κ1) is 38.2. The van der Waals surface area contributed by atoms with Crippen molar-refractivity contribution in [1.29, 1.82) is 0 Å². The molecule has 0 bridgehead atoms. The summed E-state index contributed by atoms with van der Waals surface area (Å²) in [7, 11) is 0. The highest BCUT2D eigenvalue weighted by Crippen LogP contribution is 2.52. The molecule has 3 heterocycles. The Morgan fingerprint density at radius 2 is 1.10 bits per heavy atom. The van der Waals surface area contributed by atoms with E-state index in [0.29, 0.717) is 0 Å². The van der Waals surface area contributed by atoms with Crippen molar-refractivity contribution in [2.24, 2.45) is 0 Å². The summed E-state index contributed by atoms with van der Waals surface area (Å²) in [4.78, 5) is 5.20. The fourth-order valence-electron chi connectivity index (χ4n) is 10.2. The minimum atomic E-state index is 0.00497. The van der Waals surface area contributed by atoms with Gasteiger partial charge in [0.25, 0.3) is 6.71 Å². The second-order valence-corrected chi connectivity index (χ2v) is 22.1. The van der Waals surface area contributed by atoms with E-state index in [9.17, 15) is 0 Å². The zero-order valence-corrected chi connectivity index (χ0v) is 37.7. The Balaban J connectivity index is 1.29. The van der Waals surface area contributed by atoms with Crippen LogP contribution in [0.15, 0.2) is 121 Å². The van der Waals surface area contributed by atoms with Gasteiger partial charge < -0.3 is 9.80 Å². The molecule has 296 valence electrons. The Morgan fingerprint density at radius 3 is 1.73 bits per heavy atom. The molecule has 59 heavy (non-hydrogen) atoms. The quantitative estimate of drug-likeness (QED) is 0.165. The molecule has 1 aliphatic carbocycles. The van der Waals surface area contributed by atoms with Gasteiger partial charge >= 0.3 is 0 Å². The summed E-state index contributed by atoms with van der Waals surface area (Å²) >= 11 is 2.03. The highest BCUT2D eigenvalue weighted by molar-refractivity contribution is 7.33. The van der Waals surface area contributed by atoms with Gasteiger partial charge in [0.15, 0.2) is 0 Å². The molecule has 0 unspecified atom stereocenters. The second kappa shape index (κ2) is 13.0. The van der Waals surface area contributed by atoms with Crippen LogP contribution in [0.1, 0.15) is 110 Å². The molecule has 6 aromatic carbocycles. The van der Waals surface area contributed by atoms with Crippen LogP contribution >= 0.6 is 11.3 Å². The number of rotatable bonds is 3. The van der Waals surface area contributed by atoms with Crippen LogP contribution in [-0.2, 0) is 21.7 Å². The van der Waals surface area contributed by atoms with Crippen LogP contribution in [-0.4, -0.2) is 6.71 Å². The van der Waals surface area contributed by atoms with Crippen molar-refractivity contribution in [3.05, 3.63) is 149 Å². The average molecular weight is 789 g/mol. The zero-order valence-electron chi connectivity index (χ0n) is 36.8. The molecule has 0 saturated carbocycles. The van der Waals surface area contributed by atoms with Crippen LogP contribution < -0.4 is 25.5 Å². The van der Waals surface area contributed by atoms with E-state index in [1.807, 2.05) is 11.3 Å². The Bertz CT molecular complexity index is 2790. The molecule has 0 fully saturated rings. The Labute approximate surface area is 357 Å². The molecule has 1 aromatic heterocycles. The lowest BCUT2D eigenvalue weighted by molar-refractivity contribution is 0.332. The summed E-state index contributed by atoms with van der Waals surface area (Å²) in [6, 6.07) is 47.0. The molecule has 2 aliphatic heterocycles. The van der Waals surface area contributed by atoms with Crippen molar-refractivity contribution in [3.8, 4) is 11.1 Å². The Morgan fingerprint density at radius 1 is 0.559 bits per heavy atom. The van der Waals surface area contributed by atoms with Crippen LogP contribution in [0.3, 0.4) is 0 Å². The minimum absolute atomic E-state index is 0.00497. The largest absolute Gasteiger partial charge is 0.311 e. The van der Waals surface area contributed by atoms with Gasteiger partial charge in [-0.05, 0) is 146 Å². The number of anilines is 6. The topological polar surface area (TPSA) is 6.48 Å². The van der Waals surface area contributed by atoms with Gasteiger partial charge in [-0.25, -0.2) is 0 Å². The molecule has 10 rings (SSSR count). The van der Waals surface area contributed by atoms with Gasteiger partial charge in [0.05, 0.1) is 5.69 Å². The second-order valence-electron chi connectivity index (χ2n) is 21.0. The fourth-order valence-corrected chi connectivity index (χ4v) is 11.6. The minimum Gasteiger partial charge on any atom is -0.311 e. The number of fused-ring (bicyclic) bond motifs is 7. The molecule has 0 atom stereocenters. The molecule has 0 saturated heterocycles. The van der Waals surface area contributed by atoms with Crippen molar-refractivity contribution in [2.45, 2.75) is 111 Å². The van der Waals surface area contributed by atoms with Crippen molar-refractivity contribution >= 4 is 78.0 Å². The maximum atomic E-state index is 2.64. The summed E-state index contributed by atoms with van der Waals surface area (Å²) in [6.07, 6.45) is 2.40. The smallest absolute Gasteiger partial charge is 0.264 e. The third kappa shape index (κ3) is 6.03. The average Bonchev–Trinajstić information content (AvgIpc) is 3.57. The molecule has 0 N–H and O–H groups in total. The molecular formula is C55H57BN2S. The van der Waals surface area contributed by atoms with Crippen molar-refractivity contribution in [1.82, 2.24) is 0 Å². The van der Waals surface area contributed by atoms with E-state index in [1.54, 1.807) is 0 Å². The fraction of sp³-hybridized carbons (Fsp3) is 0.309. The summed E-state index contributed by atoms with van der Waals surface area (Å²) in [5, 5.41) is 1.38. The highest BCUT2D eigenvalue weighted by atomic mass is 32.1. The summed E-state index contributed by atoms with van der Waals surface area (Å²) in [6.45, 7) is 26.2. The maximum absolute atomic E-state index is 2.64. The van der Waals surface area contributed by atoms with Crippen molar-refractivity contribution in [3.63, 3.8) is 0 Å². The molecule has 2 nitrogen and oxygen atoms in total.